The van der Waals surface area contributed by atoms with Gasteiger partial charge in [-0.15, -0.1) is 0 Å². The summed E-state index contributed by atoms with van der Waals surface area (Å²) in [6, 6.07) is 9.02. The second-order valence-corrected chi connectivity index (χ2v) is 6.11. The third-order valence-electron chi connectivity index (χ3n) is 4.61. The maximum absolute atomic E-state index is 9.98. The van der Waals surface area contributed by atoms with Gasteiger partial charge in [-0.3, -0.25) is 0 Å². The van der Waals surface area contributed by atoms with Gasteiger partial charge in [-0.1, -0.05) is 25.0 Å². The SMILES string of the molecule is O[C@H]1CCCC[C@@H]1NCc1ccc(N2CCOCC2)cc1. The van der Waals surface area contributed by atoms with Crippen molar-refractivity contribution in [2.24, 2.45) is 0 Å². The van der Waals surface area contributed by atoms with Gasteiger partial charge in [0.25, 0.3) is 0 Å². The molecule has 1 saturated carbocycles. The van der Waals surface area contributed by atoms with Gasteiger partial charge in [0.05, 0.1) is 19.3 Å². The quantitative estimate of drug-likeness (QED) is 0.889. The first-order chi connectivity index (χ1) is 10.3. The molecular weight excluding hydrogens is 264 g/mol. The molecule has 0 aromatic heterocycles. The number of aliphatic hydroxyl groups is 1. The molecule has 0 spiro atoms. The minimum Gasteiger partial charge on any atom is -0.392 e. The Labute approximate surface area is 127 Å². The van der Waals surface area contributed by atoms with Crippen LogP contribution in [0.2, 0.25) is 0 Å². The summed E-state index contributed by atoms with van der Waals surface area (Å²) in [6.45, 7) is 4.44. The lowest BCUT2D eigenvalue weighted by Crippen LogP contribution is -2.41. The van der Waals surface area contributed by atoms with Crippen LogP contribution in [0, 0.1) is 0 Å². The number of aliphatic hydroxyl groups excluding tert-OH is 1. The molecule has 1 aromatic rings. The van der Waals surface area contributed by atoms with Gasteiger partial charge in [0.2, 0.25) is 0 Å². The molecule has 4 nitrogen and oxygen atoms in total. The summed E-state index contributed by atoms with van der Waals surface area (Å²) in [5, 5.41) is 13.5. The number of nitrogens with zero attached hydrogens (tertiary/aromatic N) is 1. The third kappa shape index (κ3) is 3.96. The maximum atomic E-state index is 9.98. The van der Waals surface area contributed by atoms with Crippen LogP contribution in [0.1, 0.15) is 31.2 Å². The van der Waals surface area contributed by atoms with Gasteiger partial charge in [0, 0.05) is 31.4 Å². The Morgan fingerprint density at radius 2 is 1.81 bits per heavy atom. The maximum Gasteiger partial charge on any atom is 0.0693 e. The van der Waals surface area contributed by atoms with Gasteiger partial charge in [-0.25, -0.2) is 0 Å². The highest BCUT2D eigenvalue weighted by Crippen LogP contribution is 2.20. The molecule has 0 unspecified atom stereocenters. The molecule has 0 amide bonds. The zero-order valence-corrected chi connectivity index (χ0v) is 12.6. The van der Waals surface area contributed by atoms with Gasteiger partial charge >= 0.3 is 0 Å². The summed E-state index contributed by atoms with van der Waals surface area (Å²) in [5.74, 6) is 0. The molecule has 1 saturated heterocycles. The minimum atomic E-state index is -0.175. The number of benzene rings is 1. The highest BCUT2D eigenvalue weighted by molar-refractivity contribution is 5.47. The van der Waals surface area contributed by atoms with Gasteiger partial charge < -0.3 is 20.1 Å². The van der Waals surface area contributed by atoms with E-state index >= 15 is 0 Å². The highest BCUT2D eigenvalue weighted by atomic mass is 16.5. The molecule has 1 aliphatic carbocycles. The Morgan fingerprint density at radius 3 is 2.52 bits per heavy atom. The Bertz CT molecular complexity index is 429. The van der Waals surface area contributed by atoms with Crippen molar-refractivity contribution in [1.82, 2.24) is 5.32 Å². The van der Waals surface area contributed by atoms with Crippen LogP contribution >= 0.6 is 0 Å². The zero-order chi connectivity index (χ0) is 14.5. The topological polar surface area (TPSA) is 44.7 Å². The fourth-order valence-electron chi connectivity index (χ4n) is 3.24. The summed E-state index contributed by atoms with van der Waals surface area (Å²) in [5.41, 5.74) is 2.56. The van der Waals surface area contributed by atoms with Crippen LogP contribution in [0.15, 0.2) is 24.3 Å². The van der Waals surface area contributed by atoms with Crippen molar-refractivity contribution in [3.63, 3.8) is 0 Å². The molecule has 116 valence electrons. The highest BCUT2D eigenvalue weighted by Gasteiger charge is 2.22. The Morgan fingerprint density at radius 1 is 1.10 bits per heavy atom. The summed E-state index contributed by atoms with van der Waals surface area (Å²) in [7, 11) is 0. The lowest BCUT2D eigenvalue weighted by Gasteiger charge is -2.29. The number of rotatable bonds is 4. The van der Waals surface area contributed by atoms with Crippen LogP contribution in [0.3, 0.4) is 0 Å². The lowest BCUT2D eigenvalue weighted by molar-refractivity contribution is 0.0902. The third-order valence-corrected chi connectivity index (χ3v) is 4.61. The molecule has 2 aliphatic rings. The molecule has 2 atom stereocenters. The van der Waals surface area contributed by atoms with E-state index in [2.05, 4.69) is 34.5 Å². The van der Waals surface area contributed by atoms with Gasteiger partial charge in [0.15, 0.2) is 0 Å². The molecule has 21 heavy (non-hydrogen) atoms. The second-order valence-electron chi connectivity index (χ2n) is 6.11. The van der Waals surface area contributed by atoms with E-state index in [-0.39, 0.29) is 12.1 Å². The van der Waals surface area contributed by atoms with E-state index in [0.717, 1.165) is 52.1 Å². The van der Waals surface area contributed by atoms with Gasteiger partial charge in [-0.2, -0.15) is 0 Å². The van der Waals surface area contributed by atoms with Crippen molar-refractivity contribution in [2.75, 3.05) is 31.2 Å². The summed E-state index contributed by atoms with van der Waals surface area (Å²) < 4.78 is 5.39. The number of hydrogen-bond donors (Lipinski definition) is 2. The molecule has 4 heteroatoms. The molecule has 0 bridgehead atoms. The van der Waals surface area contributed by atoms with Gasteiger partial charge in [-0.05, 0) is 30.5 Å². The average Bonchev–Trinajstić information content (AvgIpc) is 2.55. The summed E-state index contributed by atoms with van der Waals surface area (Å²) in [4.78, 5) is 2.37. The number of hydrogen-bond acceptors (Lipinski definition) is 4. The van der Waals surface area contributed by atoms with Crippen LogP contribution in [0.5, 0.6) is 0 Å². The molecule has 2 N–H and O–H groups in total. The molecule has 1 heterocycles. The fourth-order valence-corrected chi connectivity index (χ4v) is 3.24. The van der Waals surface area contributed by atoms with E-state index in [0.29, 0.717) is 0 Å². The van der Waals surface area contributed by atoms with Crippen molar-refractivity contribution < 1.29 is 9.84 Å². The van der Waals surface area contributed by atoms with E-state index in [1.54, 1.807) is 0 Å². The summed E-state index contributed by atoms with van der Waals surface area (Å²) >= 11 is 0. The van der Waals surface area contributed by atoms with E-state index in [1.165, 1.54) is 17.7 Å². The van der Waals surface area contributed by atoms with E-state index < -0.39 is 0 Å². The van der Waals surface area contributed by atoms with Crippen molar-refractivity contribution >= 4 is 5.69 Å². The predicted molar refractivity (Wildman–Crippen MR) is 84.6 cm³/mol. The minimum absolute atomic E-state index is 0.175. The lowest BCUT2D eigenvalue weighted by atomic mass is 9.92. The Balaban J connectivity index is 1.52. The standard InChI is InChI=1S/C17H26N2O2/c20-17-4-2-1-3-16(17)18-13-14-5-7-15(8-6-14)19-9-11-21-12-10-19/h5-8,16-18,20H,1-4,9-13H2/t16-,17-/m0/s1. The van der Waals surface area contributed by atoms with Crippen molar-refractivity contribution in [1.29, 1.82) is 0 Å². The van der Waals surface area contributed by atoms with E-state index in [1.807, 2.05) is 0 Å². The first-order valence-corrected chi connectivity index (χ1v) is 8.16. The van der Waals surface area contributed by atoms with E-state index in [4.69, 9.17) is 4.74 Å². The van der Waals surface area contributed by atoms with Crippen LogP contribution in [0.25, 0.3) is 0 Å². The first-order valence-electron chi connectivity index (χ1n) is 8.16. The normalized spacial score (nSPS) is 26.8. The van der Waals surface area contributed by atoms with Crippen LogP contribution in [0.4, 0.5) is 5.69 Å². The van der Waals surface area contributed by atoms with Crippen molar-refractivity contribution in [2.45, 2.75) is 44.4 Å². The molecule has 0 radical (unpaired) electrons. The molecule has 1 aromatic carbocycles. The Kier molecular flexibility index (Phi) is 5.12. The number of ether oxygens (including phenoxy) is 1. The molecule has 2 fully saturated rings. The van der Waals surface area contributed by atoms with Crippen LogP contribution in [-0.4, -0.2) is 43.6 Å². The monoisotopic (exact) mass is 290 g/mol. The van der Waals surface area contributed by atoms with Crippen LogP contribution < -0.4 is 10.2 Å². The number of anilines is 1. The molecular formula is C17H26N2O2. The second kappa shape index (κ2) is 7.25. The van der Waals surface area contributed by atoms with Gasteiger partial charge in [0.1, 0.15) is 0 Å². The van der Waals surface area contributed by atoms with Crippen molar-refractivity contribution in [3.05, 3.63) is 29.8 Å². The Hall–Kier alpha value is -1.10. The average molecular weight is 290 g/mol. The van der Waals surface area contributed by atoms with Crippen LogP contribution in [-0.2, 0) is 11.3 Å². The predicted octanol–water partition coefficient (Wildman–Crippen LogP) is 1.92. The largest absolute Gasteiger partial charge is 0.392 e. The number of nitrogens with one attached hydrogen (secondary N) is 1. The zero-order valence-electron chi connectivity index (χ0n) is 12.6. The van der Waals surface area contributed by atoms with E-state index in [9.17, 15) is 5.11 Å². The fraction of sp³-hybridized carbons (Fsp3) is 0.647. The smallest absolute Gasteiger partial charge is 0.0693 e. The van der Waals surface area contributed by atoms with Crippen molar-refractivity contribution in [3.8, 4) is 0 Å². The number of morpholine rings is 1. The first kappa shape index (κ1) is 14.8. The molecule has 3 rings (SSSR count). The molecule has 1 aliphatic heterocycles. The summed E-state index contributed by atoms with van der Waals surface area (Å²) in [6.07, 6.45) is 4.24.